The van der Waals surface area contributed by atoms with E-state index in [4.69, 9.17) is 0 Å². The zero-order chi connectivity index (χ0) is 20.4. The lowest BCUT2D eigenvalue weighted by molar-refractivity contribution is 1.57. The van der Waals surface area contributed by atoms with Crippen molar-refractivity contribution in [2.24, 2.45) is 0 Å². The van der Waals surface area contributed by atoms with Crippen LogP contribution in [-0.4, -0.2) is 0 Å². The molecule has 0 radical (unpaired) electrons. The molecule has 0 heteroatoms. The van der Waals surface area contributed by atoms with Crippen LogP contribution in [0.1, 0.15) is 33.4 Å². The Morgan fingerprint density at radius 2 is 0.567 bits per heavy atom. The Morgan fingerprint density at radius 3 is 0.967 bits per heavy atom. The first-order valence-corrected chi connectivity index (χ1v) is 9.71. The molecule has 0 unspecified atom stereocenters. The van der Waals surface area contributed by atoms with Gasteiger partial charge in [0.1, 0.15) is 0 Å². The largest absolute Gasteiger partial charge is 0.0622 e. The molecule has 0 amide bonds. The fourth-order valence-corrected chi connectivity index (χ4v) is 2.79. The maximum absolute atomic E-state index is 3.22. The van der Waals surface area contributed by atoms with Crippen LogP contribution in [0.3, 0.4) is 0 Å². The van der Waals surface area contributed by atoms with E-state index in [1.807, 2.05) is 109 Å². The van der Waals surface area contributed by atoms with E-state index >= 15 is 0 Å². The van der Waals surface area contributed by atoms with Crippen molar-refractivity contribution >= 4 is 0 Å². The third-order valence-corrected chi connectivity index (χ3v) is 4.35. The molecule has 0 fully saturated rings. The summed E-state index contributed by atoms with van der Waals surface area (Å²) in [6.07, 6.45) is 0. The fourth-order valence-electron chi connectivity index (χ4n) is 2.79. The third-order valence-electron chi connectivity index (χ3n) is 4.35. The molecule has 0 aliphatic rings. The summed E-state index contributed by atoms with van der Waals surface area (Å²) in [7, 11) is 0. The van der Waals surface area contributed by atoms with Crippen LogP contribution in [0.2, 0.25) is 0 Å². The average Bonchev–Trinajstić information content (AvgIpc) is 2.82. The molecular formula is C30H18. The smallest absolute Gasteiger partial charge is 0.0261 e. The summed E-state index contributed by atoms with van der Waals surface area (Å²) in [6.45, 7) is 0. The number of hydrogen-bond acceptors (Lipinski definition) is 0. The summed E-state index contributed by atoms with van der Waals surface area (Å²) in [4.78, 5) is 0. The topological polar surface area (TPSA) is 0 Å². The summed E-state index contributed by atoms with van der Waals surface area (Å²) in [5.41, 5.74) is 5.85. The first kappa shape index (κ1) is 18.9. The maximum atomic E-state index is 3.22. The Bertz CT molecular complexity index is 1310. The van der Waals surface area contributed by atoms with Gasteiger partial charge in [-0.1, -0.05) is 78.0 Å². The predicted molar refractivity (Wildman–Crippen MR) is 124 cm³/mol. The van der Waals surface area contributed by atoms with Gasteiger partial charge in [0.25, 0.3) is 0 Å². The molecule has 0 heterocycles. The second kappa shape index (κ2) is 9.66. The van der Waals surface area contributed by atoms with Gasteiger partial charge in [0.05, 0.1) is 0 Å². The van der Waals surface area contributed by atoms with E-state index in [-0.39, 0.29) is 0 Å². The normalized spacial score (nSPS) is 9.20. The van der Waals surface area contributed by atoms with Gasteiger partial charge < -0.3 is 0 Å². The molecule has 30 heavy (non-hydrogen) atoms. The lowest BCUT2D eigenvalue weighted by atomic mass is 10.1. The molecule has 0 N–H and O–H groups in total. The van der Waals surface area contributed by atoms with Gasteiger partial charge in [0.15, 0.2) is 0 Å². The summed E-state index contributed by atoms with van der Waals surface area (Å²) in [5.74, 6) is 19.2. The summed E-state index contributed by atoms with van der Waals surface area (Å²) < 4.78 is 0. The van der Waals surface area contributed by atoms with Crippen LogP contribution in [0, 0.1) is 35.5 Å². The van der Waals surface area contributed by atoms with Crippen LogP contribution in [0.4, 0.5) is 0 Å². The molecule has 0 bridgehead atoms. The molecular weight excluding hydrogens is 360 g/mol. The van der Waals surface area contributed by atoms with Crippen molar-refractivity contribution in [3.05, 3.63) is 143 Å². The van der Waals surface area contributed by atoms with Gasteiger partial charge in [-0.05, 0) is 66.7 Å². The predicted octanol–water partition coefficient (Wildman–Crippen LogP) is 5.89. The van der Waals surface area contributed by atoms with Crippen molar-refractivity contribution in [2.45, 2.75) is 0 Å². The van der Waals surface area contributed by atoms with Crippen LogP contribution in [0.5, 0.6) is 0 Å². The van der Waals surface area contributed by atoms with Gasteiger partial charge in [0, 0.05) is 33.4 Å². The average molecular weight is 378 g/mol. The lowest BCUT2D eigenvalue weighted by Crippen LogP contribution is -1.81. The van der Waals surface area contributed by atoms with E-state index in [0.29, 0.717) is 0 Å². The number of hydrogen-bond donors (Lipinski definition) is 0. The third kappa shape index (κ3) is 5.53. The van der Waals surface area contributed by atoms with Gasteiger partial charge >= 0.3 is 0 Å². The molecule has 0 aromatic heterocycles. The minimum Gasteiger partial charge on any atom is -0.0622 e. The van der Waals surface area contributed by atoms with Crippen LogP contribution in [-0.2, 0) is 0 Å². The highest BCUT2D eigenvalue weighted by Crippen LogP contribution is 2.06. The zero-order valence-electron chi connectivity index (χ0n) is 16.4. The molecule has 0 spiro atoms. The van der Waals surface area contributed by atoms with Gasteiger partial charge in [-0.25, -0.2) is 0 Å². The van der Waals surface area contributed by atoms with Crippen molar-refractivity contribution in [3.63, 3.8) is 0 Å². The minimum atomic E-state index is 0.947. The monoisotopic (exact) mass is 378 g/mol. The Labute approximate surface area is 178 Å². The summed E-state index contributed by atoms with van der Waals surface area (Å²) >= 11 is 0. The fraction of sp³-hybridized carbons (Fsp3) is 0. The minimum absolute atomic E-state index is 0.947. The second-order valence-electron chi connectivity index (χ2n) is 6.64. The zero-order valence-corrected chi connectivity index (χ0v) is 16.4. The first-order valence-electron chi connectivity index (χ1n) is 9.71. The molecule has 0 aliphatic heterocycles. The van der Waals surface area contributed by atoms with E-state index in [1.54, 1.807) is 0 Å². The van der Waals surface area contributed by atoms with E-state index < -0.39 is 0 Å². The lowest BCUT2D eigenvalue weighted by Gasteiger charge is -1.94. The first-order chi connectivity index (χ1) is 14.8. The van der Waals surface area contributed by atoms with E-state index in [2.05, 4.69) is 35.5 Å². The van der Waals surface area contributed by atoms with E-state index in [1.165, 1.54) is 0 Å². The van der Waals surface area contributed by atoms with E-state index in [9.17, 15) is 0 Å². The Kier molecular flexibility index (Phi) is 6.09. The van der Waals surface area contributed by atoms with Crippen molar-refractivity contribution in [3.8, 4) is 35.5 Å². The van der Waals surface area contributed by atoms with Crippen molar-refractivity contribution in [2.75, 3.05) is 0 Å². The Morgan fingerprint density at radius 1 is 0.267 bits per heavy atom. The highest BCUT2D eigenvalue weighted by molar-refractivity contribution is 5.50. The Hall–Kier alpha value is -4.44. The molecule has 0 atom stereocenters. The van der Waals surface area contributed by atoms with Gasteiger partial charge in [-0.15, -0.1) is 0 Å². The molecule has 0 nitrogen and oxygen atoms in total. The molecule has 4 aromatic carbocycles. The Balaban J connectivity index is 1.46. The second-order valence-corrected chi connectivity index (χ2v) is 6.64. The number of rotatable bonds is 0. The van der Waals surface area contributed by atoms with Crippen molar-refractivity contribution in [1.29, 1.82) is 0 Å². The van der Waals surface area contributed by atoms with E-state index in [0.717, 1.165) is 33.4 Å². The van der Waals surface area contributed by atoms with Crippen LogP contribution >= 0.6 is 0 Å². The molecule has 0 saturated heterocycles. The van der Waals surface area contributed by atoms with Gasteiger partial charge in [0.2, 0.25) is 0 Å². The van der Waals surface area contributed by atoms with Crippen molar-refractivity contribution in [1.82, 2.24) is 0 Å². The SMILES string of the molecule is C(#Cc1ccc(C#Cc2cccc(C#Cc3ccccc3)c2)cc1)c1ccccc1. The molecule has 0 saturated carbocycles. The van der Waals surface area contributed by atoms with Crippen LogP contribution in [0.25, 0.3) is 0 Å². The summed E-state index contributed by atoms with van der Waals surface area (Å²) in [6, 6.07) is 36.0. The quantitative estimate of drug-likeness (QED) is 0.335. The highest BCUT2D eigenvalue weighted by Gasteiger charge is 1.92. The van der Waals surface area contributed by atoms with Gasteiger partial charge in [-0.3, -0.25) is 0 Å². The summed E-state index contributed by atoms with van der Waals surface area (Å²) in [5, 5.41) is 0. The number of benzene rings is 4. The van der Waals surface area contributed by atoms with Crippen LogP contribution in [0.15, 0.2) is 109 Å². The molecule has 138 valence electrons. The van der Waals surface area contributed by atoms with Gasteiger partial charge in [-0.2, -0.15) is 0 Å². The standard InChI is InChI=1S/C30H18/c1-3-8-25(9-4-1)14-15-27-16-18-28(19-17-27)21-23-30-13-7-12-29(24-30)22-20-26-10-5-2-6-11-26/h1-13,16-19,24H. The molecule has 0 aliphatic carbocycles. The highest BCUT2D eigenvalue weighted by atomic mass is 14.0. The molecule has 4 rings (SSSR count). The van der Waals surface area contributed by atoms with Crippen molar-refractivity contribution < 1.29 is 0 Å². The molecule has 4 aromatic rings. The van der Waals surface area contributed by atoms with Crippen LogP contribution < -0.4 is 0 Å². The maximum Gasteiger partial charge on any atom is 0.0261 e.